The van der Waals surface area contributed by atoms with Gasteiger partial charge in [0.1, 0.15) is 19.0 Å². The third-order valence-corrected chi connectivity index (χ3v) is 2.34. The average Bonchev–Trinajstić information content (AvgIpc) is 2.18. The Morgan fingerprint density at radius 1 is 1.36 bits per heavy atom. The molecule has 0 fully saturated rings. The number of hydrogen-bond donors (Lipinski definition) is 0. The zero-order valence-corrected chi connectivity index (χ0v) is 8.74. The van der Waals surface area contributed by atoms with Crippen molar-refractivity contribution in [1.82, 2.24) is 0 Å². The lowest BCUT2D eigenvalue weighted by atomic mass is 10.3. The van der Waals surface area contributed by atoms with Gasteiger partial charge in [0.05, 0.1) is 4.47 Å². The summed E-state index contributed by atoms with van der Waals surface area (Å²) >= 11 is 3.30. The van der Waals surface area contributed by atoms with E-state index in [1.807, 2.05) is 0 Å². The maximum atomic E-state index is 10.1. The minimum absolute atomic E-state index is 0.373. The van der Waals surface area contributed by atoms with Crippen molar-refractivity contribution in [3.63, 3.8) is 0 Å². The average molecular weight is 259 g/mol. The summed E-state index contributed by atoms with van der Waals surface area (Å²) in [7, 11) is 0. The van der Waals surface area contributed by atoms with Crippen molar-refractivity contribution in [2.45, 2.75) is 0 Å². The van der Waals surface area contributed by atoms with Gasteiger partial charge in [-0.05, 0) is 22.0 Å². The summed E-state index contributed by atoms with van der Waals surface area (Å²) in [6, 6.07) is 3.27. The zero-order valence-electron chi connectivity index (χ0n) is 7.16. The van der Waals surface area contributed by atoms with Gasteiger partial charge in [0.15, 0.2) is 11.5 Å². The van der Waals surface area contributed by atoms with Crippen LogP contribution in [0, 0.1) is 0 Å². The molecule has 0 atom stereocenters. The lowest BCUT2D eigenvalue weighted by Gasteiger charge is -2.19. The SMILES string of the molecule is O=COc1cc(Br)c2c(c1)OCCO2. The molecule has 0 saturated heterocycles. The van der Waals surface area contributed by atoms with Gasteiger partial charge in [-0.3, -0.25) is 4.79 Å². The molecular formula is C9H7BrO4. The highest BCUT2D eigenvalue weighted by atomic mass is 79.9. The number of fused-ring (bicyclic) bond motifs is 1. The largest absolute Gasteiger partial charge is 0.486 e. The summed E-state index contributed by atoms with van der Waals surface area (Å²) in [5.74, 6) is 1.66. The molecule has 0 aromatic heterocycles. The van der Waals surface area contributed by atoms with Crippen LogP contribution in [0.25, 0.3) is 0 Å². The first-order chi connectivity index (χ1) is 6.81. The van der Waals surface area contributed by atoms with Crippen LogP contribution in [-0.2, 0) is 4.79 Å². The maximum absolute atomic E-state index is 10.1. The van der Waals surface area contributed by atoms with Crippen LogP contribution < -0.4 is 14.2 Å². The van der Waals surface area contributed by atoms with Gasteiger partial charge in [0, 0.05) is 6.07 Å². The Kier molecular flexibility index (Phi) is 2.58. The summed E-state index contributed by atoms with van der Waals surface area (Å²) in [6.07, 6.45) is 0. The van der Waals surface area contributed by atoms with Gasteiger partial charge in [-0.1, -0.05) is 0 Å². The van der Waals surface area contributed by atoms with Crippen LogP contribution >= 0.6 is 15.9 Å². The first kappa shape index (κ1) is 9.33. The fourth-order valence-corrected chi connectivity index (χ4v) is 1.75. The standard InChI is InChI=1S/C9H7BrO4/c10-7-3-6(14-5-11)4-8-9(7)13-2-1-12-8/h3-5H,1-2H2. The minimum Gasteiger partial charge on any atom is -0.486 e. The molecule has 14 heavy (non-hydrogen) atoms. The van der Waals surface area contributed by atoms with E-state index in [-0.39, 0.29) is 0 Å². The second-order valence-electron chi connectivity index (χ2n) is 2.64. The van der Waals surface area contributed by atoms with E-state index in [4.69, 9.17) is 14.2 Å². The Morgan fingerprint density at radius 2 is 2.14 bits per heavy atom. The van der Waals surface area contributed by atoms with Crippen molar-refractivity contribution >= 4 is 22.4 Å². The van der Waals surface area contributed by atoms with Crippen LogP contribution in [0.1, 0.15) is 0 Å². The molecule has 0 N–H and O–H groups in total. The molecular weight excluding hydrogens is 252 g/mol. The Labute approximate surface area is 88.9 Å². The highest BCUT2D eigenvalue weighted by Gasteiger charge is 2.16. The molecule has 0 unspecified atom stereocenters. The molecule has 1 aliphatic rings. The van der Waals surface area contributed by atoms with E-state index in [0.29, 0.717) is 41.4 Å². The fourth-order valence-electron chi connectivity index (χ4n) is 1.21. The molecule has 5 heteroatoms. The normalized spacial score (nSPS) is 13.5. The first-order valence-electron chi connectivity index (χ1n) is 4.00. The lowest BCUT2D eigenvalue weighted by molar-refractivity contribution is -0.120. The molecule has 1 aromatic rings. The molecule has 0 aliphatic carbocycles. The third kappa shape index (κ3) is 1.68. The molecule has 1 aliphatic heterocycles. The van der Waals surface area contributed by atoms with Gasteiger partial charge in [-0.15, -0.1) is 0 Å². The van der Waals surface area contributed by atoms with Crippen LogP contribution in [-0.4, -0.2) is 19.7 Å². The molecule has 0 saturated carbocycles. The van der Waals surface area contributed by atoms with Gasteiger partial charge < -0.3 is 14.2 Å². The molecule has 4 nitrogen and oxygen atoms in total. The predicted molar refractivity (Wildman–Crippen MR) is 51.8 cm³/mol. The number of carbonyl (C=O) groups excluding carboxylic acids is 1. The molecule has 1 heterocycles. The zero-order chi connectivity index (χ0) is 9.97. The first-order valence-corrected chi connectivity index (χ1v) is 4.80. The number of ether oxygens (including phenoxy) is 3. The van der Waals surface area contributed by atoms with Crippen LogP contribution in [0.4, 0.5) is 0 Å². The van der Waals surface area contributed by atoms with Crippen LogP contribution in [0.15, 0.2) is 16.6 Å². The number of hydrogen-bond acceptors (Lipinski definition) is 4. The van der Waals surface area contributed by atoms with E-state index in [1.165, 1.54) is 0 Å². The highest BCUT2D eigenvalue weighted by Crippen LogP contribution is 2.40. The van der Waals surface area contributed by atoms with Crippen molar-refractivity contribution in [3.8, 4) is 17.2 Å². The lowest BCUT2D eigenvalue weighted by Crippen LogP contribution is -2.15. The molecule has 1 aromatic carbocycles. The summed E-state index contributed by atoms with van der Waals surface area (Å²) in [6.45, 7) is 1.40. The fraction of sp³-hybridized carbons (Fsp3) is 0.222. The van der Waals surface area contributed by atoms with E-state index < -0.39 is 0 Å². The summed E-state index contributed by atoms with van der Waals surface area (Å²) in [5, 5.41) is 0. The molecule has 0 radical (unpaired) electrons. The monoisotopic (exact) mass is 258 g/mol. The Hall–Kier alpha value is -1.23. The van der Waals surface area contributed by atoms with Crippen LogP contribution in [0.5, 0.6) is 17.2 Å². The summed E-state index contributed by atoms with van der Waals surface area (Å²) in [4.78, 5) is 10.1. The topological polar surface area (TPSA) is 44.8 Å². The van der Waals surface area contributed by atoms with E-state index in [9.17, 15) is 4.79 Å². The maximum Gasteiger partial charge on any atom is 0.298 e. The third-order valence-electron chi connectivity index (χ3n) is 1.75. The van der Waals surface area contributed by atoms with E-state index in [1.54, 1.807) is 12.1 Å². The van der Waals surface area contributed by atoms with Gasteiger partial charge >= 0.3 is 0 Å². The quantitative estimate of drug-likeness (QED) is 0.759. The minimum atomic E-state index is 0.373. The van der Waals surface area contributed by atoms with Gasteiger partial charge in [-0.2, -0.15) is 0 Å². The van der Waals surface area contributed by atoms with Gasteiger partial charge in [-0.25, -0.2) is 0 Å². The number of benzene rings is 1. The van der Waals surface area contributed by atoms with E-state index in [0.717, 1.165) is 0 Å². The molecule has 0 bridgehead atoms. The van der Waals surface area contributed by atoms with Crippen molar-refractivity contribution in [1.29, 1.82) is 0 Å². The van der Waals surface area contributed by atoms with Crippen LogP contribution in [0.2, 0.25) is 0 Å². The second-order valence-corrected chi connectivity index (χ2v) is 3.50. The molecule has 74 valence electrons. The second kappa shape index (κ2) is 3.88. The van der Waals surface area contributed by atoms with Gasteiger partial charge in [0.2, 0.25) is 0 Å². The number of halogens is 1. The van der Waals surface area contributed by atoms with Crippen molar-refractivity contribution in [2.24, 2.45) is 0 Å². The Balaban J connectivity index is 2.40. The van der Waals surface area contributed by atoms with E-state index >= 15 is 0 Å². The molecule has 0 amide bonds. The Morgan fingerprint density at radius 3 is 2.93 bits per heavy atom. The van der Waals surface area contributed by atoms with Crippen molar-refractivity contribution < 1.29 is 19.0 Å². The smallest absolute Gasteiger partial charge is 0.298 e. The predicted octanol–water partition coefficient (Wildman–Crippen LogP) is 1.76. The highest BCUT2D eigenvalue weighted by molar-refractivity contribution is 9.10. The number of carbonyl (C=O) groups is 1. The summed E-state index contributed by atoms with van der Waals surface area (Å²) in [5.41, 5.74) is 0. The van der Waals surface area contributed by atoms with Gasteiger partial charge in [0.25, 0.3) is 6.47 Å². The van der Waals surface area contributed by atoms with Crippen molar-refractivity contribution in [2.75, 3.05) is 13.2 Å². The summed E-state index contributed by atoms with van der Waals surface area (Å²) < 4.78 is 16.1. The number of rotatable bonds is 2. The Bertz CT molecular complexity index is 364. The van der Waals surface area contributed by atoms with E-state index in [2.05, 4.69) is 15.9 Å². The van der Waals surface area contributed by atoms with Crippen LogP contribution in [0.3, 0.4) is 0 Å². The molecule has 2 rings (SSSR count). The van der Waals surface area contributed by atoms with Crippen molar-refractivity contribution in [3.05, 3.63) is 16.6 Å². The molecule has 0 spiro atoms.